The molecule has 0 amide bonds. The average molecular weight is 312 g/mol. The Labute approximate surface area is 121 Å². The Morgan fingerprint density at radius 2 is 2.20 bits per heavy atom. The van der Waals surface area contributed by atoms with Gasteiger partial charge in [-0.3, -0.25) is 10.1 Å². The van der Waals surface area contributed by atoms with Crippen molar-refractivity contribution in [2.75, 3.05) is 7.05 Å². The van der Waals surface area contributed by atoms with Gasteiger partial charge in [0, 0.05) is 13.2 Å². The fourth-order valence-corrected chi connectivity index (χ4v) is 2.66. The first kappa shape index (κ1) is 14.5. The van der Waals surface area contributed by atoms with Crippen LogP contribution < -0.4 is 5.73 Å². The van der Waals surface area contributed by atoms with Crippen molar-refractivity contribution >= 4 is 27.2 Å². The van der Waals surface area contributed by atoms with Gasteiger partial charge in [0.1, 0.15) is 22.0 Å². The highest BCUT2D eigenvalue weighted by atomic mass is 32.2. The van der Waals surface area contributed by atoms with Crippen LogP contribution in [-0.4, -0.2) is 44.9 Å². The molecule has 2 aromatic heterocycles. The summed E-state index contributed by atoms with van der Waals surface area (Å²) in [6.07, 6.45) is 2.54. The van der Waals surface area contributed by atoms with E-state index in [1.807, 2.05) is 0 Å². The number of nitrogens with zero attached hydrogens (tertiary/aromatic N) is 4. The van der Waals surface area contributed by atoms with Gasteiger partial charge in [-0.1, -0.05) is 12.2 Å². The van der Waals surface area contributed by atoms with E-state index in [0.717, 1.165) is 4.31 Å². The van der Waals surface area contributed by atoms with Gasteiger partial charge in [-0.05, 0) is 12.1 Å². The molecule has 0 atom stereocenters. The zero-order valence-corrected chi connectivity index (χ0v) is 12.1. The minimum absolute atomic E-state index is 0.0551. The third kappa shape index (κ3) is 2.98. The zero-order chi connectivity index (χ0) is 14.8. The molecule has 0 fully saturated rings. The Kier molecular flexibility index (Phi) is 4.06. The third-order valence-corrected chi connectivity index (χ3v) is 4.53. The largest absolute Gasteiger partial charge is 0.388 e. The van der Waals surface area contributed by atoms with E-state index in [1.54, 1.807) is 0 Å². The summed E-state index contributed by atoms with van der Waals surface area (Å²) in [5.74, 6) is 0.448. The number of aromatic nitrogens is 4. The fraction of sp³-hybridized carbons (Fsp3) is 0.200. The minimum Gasteiger partial charge on any atom is -0.388 e. The van der Waals surface area contributed by atoms with Crippen molar-refractivity contribution in [3.8, 4) is 0 Å². The summed E-state index contributed by atoms with van der Waals surface area (Å²) in [6, 6.07) is 2.88. The normalized spacial score (nSPS) is 11.7. The highest BCUT2D eigenvalue weighted by molar-refractivity contribution is 7.89. The molecule has 20 heavy (non-hydrogen) atoms. The van der Waals surface area contributed by atoms with Crippen molar-refractivity contribution in [3.63, 3.8) is 0 Å². The first-order chi connectivity index (χ1) is 9.41. The lowest BCUT2D eigenvalue weighted by Crippen LogP contribution is -2.27. The number of H-pyrrole nitrogens is 1. The quantitative estimate of drug-likeness (QED) is 0.725. The van der Waals surface area contributed by atoms with Gasteiger partial charge in [0.05, 0.1) is 12.2 Å². The van der Waals surface area contributed by atoms with Gasteiger partial charge in [0.15, 0.2) is 0 Å². The molecule has 2 heterocycles. The standard InChI is InChI=1S/C10H12N6O2S2/c1-16(5-9-13-6-14-15-9)20(17,18)7-2-3-8(10(11)19)12-4-7/h2-4,6H,5H2,1H3,(H2,11,19)(H,13,14,15). The van der Waals surface area contributed by atoms with Crippen LogP contribution in [-0.2, 0) is 16.6 Å². The van der Waals surface area contributed by atoms with Crippen molar-refractivity contribution in [1.82, 2.24) is 24.5 Å². The van der Waals surface area contributed by atoms with E-state index in [1.165, 1.54) is 31.7 Å². The summed E-state index contributed by atoms with van der Waals surface area (Å²) >= 11 is 4.76. The van der Waals surface area contributed by atoms with Crippen LogP contribution in [0.25, 0.3) is 0 Å². The molecular weight excluding hydrogens is 300 g/mol. The van der Waals surface area contributed by atoms with E-state index in [9.17, 15) is 8.42 Å². The molecule has 0 aliphatic carbocycles. The van der Waals surface area contributed by atoms with E-state index in [-0.39, 0.29) is 16.4 Å². The van der Waals surface area contributed by atoms with Crippen LogP contribution in [0.4, 0.5) is 0 Å². The maximum Gasteiger partial charge on any atom is 0.244 e. The molecule has 2 rings (SSSR count). The molecule has 3 N–H and O–H groups in total. The SMILES string of the molecule is CN(Cc1ncn[nH]1)S(=O)(=O)c1ccc(C(N)=S)nc1. The Bertz CT molecular complexity index is 696. The molecule has 2 aromatic rings. The number of aromatic amines is 1. The lowest BCUT2D eigenvalue weighted by Gasteiger charge is -2.15. The van der Waals surface area contributed by atoms with Crippen molar-refractivity contribution < 1.29 is 8.42 Å². The highest BCUT2D eigenvalue weighted by Crippen LogP contribution is 2.14. The molecule has 0 aromatic carbocycles. The monoisotopic (exact) mass is 312 g/mol. The second-order valence-electron chi connectivity index (χ2n) is 3.94. The van der Waals surface area contributed by atoms with E-state index < -0.39 is 10.0 Å². The van der Waals surface area contributed by atoms with Crippen molar-refractivity contribution in [1.29, 1.82) is 0 Å². The van der Waals surface area contributed by atoms with Crippen molar-refractivity contribution in [2.24, 2.45) is 5.73 Å². The first-order valence-corrected chi connectivity index (χ1v) is 7.32. The fourth-order valence-electron chi connectivity index (χ4n) is 1.46. The Morgan fingerprint density at radius 1 is 1.45 bits per heavy atom. The summed E-state index contributed by atoms with van der Waals surface area (Å²) in [7, 11) is -2.21. The number of nitrogens with one attached hydrogen (secondary N) is 1. The summed E-state index contributed by atoms with van der Waals surface area (Å²) in [4.78, 5) is 7.96. The number of pyridine rings is 1. The third-order valence-electron chi connectivity index (χ3n) is 2.53. The van der Waals surface area contributed by atoms with Crippen molar-refractivity contribution in [2.45, 2.75) is 11.4 Å². The Morgan fingerprint density at radius 3 is 2.70 bits per heavy atom. The Hall–Kier alpha value is -1.91. The molecule has 10 heteroatoms. The van der Waals surface area contributed by atoms with Gasteiger partial charge in [0.2, 0.25) is 10.0 Å². The van der Waals surface area contributed by atoms with Crippen molar-refractivity contribution in [3.05, 3.63) is 36.2 Å². The maximum atomic E-state index is 12.3. The van der Waals surface area contributed by atoms with Gasteiger partial charge < -0.3 is 5.73 Å². The average Bonchev–Trinajstić information content (AvgIpc) is 2.91. The van der Waals surface area contributed by atoms with Crippen LogP contribution in [0.5, 0.6) is 0 Å². The summed E-state index contributed by atoms with van der Waals surface area (Å²) in [5, 5.41) is 6.26. The lowest BCUT2D eigenvalue weighted by atomic mass is 10.3. The van der Waals surface area contributed by atoms with Crippen LogP contribution >= 0.6 is 12.2 Å². The summed E-state index contributed by atoms with van der Waals surface area (Å²) in [5.41, 5.74) is 5.78. The number of sulfonamides is 1. The van der Waals surface area contributed by atoms with Crippen LogP contribution in [0.1, 0.15) is 11.5 Å². The molecule has 106 valence electrons. The van der Waals surface area contributed by atoms with Crippen LogP contribution in [0.3, 0.4) is 0 Å². The summed E-state index contributed by atoms with van der Waals surface area (Å²) < 4.78 is 25.7. The van der Waals surface area contributed by atoms with Gasteiger partial charge in [0.25, 0.3) is 0 Å². The second kappa shape index (κ2) is 5.61. The molecule has 0 radical (unpaired) electrons. The molecule has 0 unspecified atom stereocenters. The topological polar surface area (TPSA) is 118 Å². The van der Waals surface area contributed by atoms with E-state index >= 15 is 0 Å². The van der Waals surface area contributed by atoms with Crippen LogP contribution in [0.2, 0.25) is 0 Å². The van der Waals surface area contributed by atoms with Gasteiger partial charge in [-0.15, -0.1) is 0 Å². The molecule has 0 spiro atoms. The molecule has 0 saturated carbocycles. The van der Waals surface area contributed by atoms with E-state index in [0.29, 0.717) is 11.5 Å². The van der Waals surface area contributed by atoms with Gasteiger partial charge in [-0.25, -0.2) is 13.4 Å². The predicted molar refractivity (Wildman–Crippen MR) is 75.2 cm³/mol. The van der Waals surface area contributed by atoms with Gasteiger partial charge >= 0.3 is 0 Å². The predicted octanol–water partition coefficient (Wildman–Crippen LogP) is -0.345. The molecule has 0 aliphatic heterocycles. The number of rotatable bonds is 5. The highest BCUT2D eigenvalue weighted by Gasteiger charge is 2.22. The zero-order valence-electron chi connectivity index (χ0n) is 10.5. The molecule has 0 bridgehead atoms. The van der Waals surface area contributed by atoms with Crippen LogP contribution in [0, 0.1) is 0 Å². The first-order valence-electron chi connectivity index (χ1n) is 5.47. The number of hydrogen-bond acceptors (Lipinski definition) is 6. The van der Waals surface area contributed by atoms with E-state index in [4.69, 9.17) is 18.0 Å². The number of hydrogen-bond donors (Lipinski definition) is 2. The lowest BCUT2D eigenvalue weighted by molar-refractivity contribution is 0.457. The molecule has 0 saturated heterocycles. The smallest absolute Gasteiger partial charge is 0.244 e. The number of nitrogens with two attached hydrogens (primary N) is 1. The molecular formula is C10H12N6O2S2. The second-order valence-corrected chi connectivity index (χ2v) is 6.42. The van der Waals surface area contributed by atoms with Gasteiger partial charge in [-0.2, -0.15) is 9.40 Å². The number of thiocarbonyl (C=S) groups is 1. The van der Waals surface area contributed by atoms with Crippen LogP contribution in [0.15, 0.2) is 29.6 Å². The Balaban J connectivity index is 2.23. The van der Waals surface area contributed by atoms with E-state index in [2.05, 4.69) is 20.2 Å². The molecule has 8 nitrogen and oxygen atoms in total. The summed E-state index contributed by atoms with van der Waals surface area (Å²) in [6.45, 7) is 0.0827. The molecule has 0 aliphatic rings. The maximum absolute atomic E-state index is 12.3. The minimum atomic E-state index is -3.66.